The molecule has 29 heavy (non-hydrogen) atoms. The summed E-state index contributed by atoms with van der Waals surface area (Å²) in [6.45, 7) is 6.60. The monoisotopic (exact) mass is 387 g/mol. The van der Waals surface area contributed by atoms with Crippen molar-refractivity contribution in [2.45, 2.75) is 32.8 Å². The van der Waals surface area contributed by atoms with Crippen LogP contribution in [0.5, 0.6) is 5.75 Å². The smallest absolute Gasteiger partial charge is 0.338 e. The Labute approximate surface area is 169 Å². The van der Waals surface area contributed by atoms with Crippen LogP contribution in [0, 0.1) is 11.3 Å². The zero-order chi connectivity index (χ0) is 21.0. The summed E-state index contributed by atoms with van der Waals surface area (Å²) in [6, 6.07) is 15.3. The van der Waals surface area contributed by atoms with Gasteiger partial charge in [0.2, 0.25) is 0 Å². The fourth-order valence-electron chi connectivity index (χ4n) is 2.88. The molecule has 1 N–H and O–H groups in total. The van der Waals surface area contributed by atoms with Gasteiger partial charge in [0.15, 0.2) is 5.82 Å². The lowest BCUT2D eigenvalue weighted by Gasteiger charge is -2.21. The van der Waals surface area contributed by atoms with Gasteiger partial charge >= 0.3 is 5.97 Å². The van der Waals surface area contributed by atoms with Crippen molar-refractivity contribution in [1.82, 2.24) is 9.97 Å². The van der Waals surface area contributed by atoms with Gasteiger partial charge in [-0.25, -0.2) is 14.8 Å². The average Bonchev–Trinajstić information content (AvgIpc) is 2.71. The molecule has 6 heteroatoms. The largest absolute Gasteiger partial charge is 0.489 e. The van der Waals surface area contributed by atoms with Gasteiger partial charge in [0.05, 0.1) is 17.2 Å². The van der Waals surface area contributed by atoms with Crippen LogP contribution < -0.4 is 4.74 Å². The number of ether oxygens (including phenoxy) is 1. The molecule has 0 aliphatic rings. The Kier molecular flexibility index (Phi) is 5.60. The van der Waals surface area contributed by atoms with Crippen LogP contribution in [0.2, 0.25) is 0 Å². The summed E-state index contributed by atoms with van der Waals surface area (Å²) in [7, 11) is 0. The second-order valence-electron chi connectivity index (χ2n) is 7.66. The van der Waals surface area contributed by atoms with Gasteiger partial charge in [0.1, 0.15) is 12.4 Å². The first kappa shape index (κ1) is 20.0. The maximum atomic E-state index is 10.9. The molecule has 0 atom stereocenters. The molecule has 6 nitrogen and oxygen atoms in total. The topological polar surface area (TPSA) is 96.1 Å². The fraction of sp³-hybridized carbons (Fsp3) is 0.217. The zero-order valence-electron chi connectivity index (χ0n) is 16.5. The van der Waals surface area contributed by atoms with Gasteiger partial charge in [0, 0.05) is 18.0 Å². The number of aromatic carboxylic acids is 1. The van der Waals surface area contributed by atoms with Crippen LogP contribution in [0.1, 0.15) is 47.8 Å². The molecule has 0 radical (unpaired) electrons. The van der Waals surface area contributed by atoms with Crippen LogP contribution in [-0.2, 0) is 12.0 Å². The van der Waals surface area contributed by atoms with Gasteiger partial charge in [-0.1, -0.05) is 32.9 Å². The predicted octanol–water partition coefficient (Wildman–Crippen LogP) is 4.59. The van der Waals surface area contributed by atoms with Crippen molar-refractivity contribution in [2.75, 3.05) is 0 Å². The van der Waals surface area contributed by atoms with Gasteiger partial charge in [-0.15, -0.1) is 0 Å². The van der Waals surface area contributed by atoms with E-state index < -0.39 is 5.97 Å². The minimum atomic E-state index is -1.06. The summed E-state index contributed by atoms with van der Waals surface area (Å²) < 4.78 is 5.83. The zero-order valence-corrected chi connectivity index (χ0v) is 16.5. The third-order valence-corrected chi connectivity index (χ3v) is 4.43. The van der Waals surface area contributed by atoms with Crippen LogP contribution in [0.4, 0.5) is 0 Å². The minimum absolute atomic E-state index is 0.0444. The van der Waals surface area contributed by atoms with E-state index in [1.165, 1.54) is 12.4 Å². The fourth-order valence-corrected chi connectivity index (χ4v) is 2.88. The number of carboxylic acids is 1. The molecule has 0 aliphatic heterocycles. The molecule has 0 fully saturated rings. The highest BCUT2D eigenvalue weighted by atomic mass is 16.5. The molecular formula is C23H21N3O3. The molecule has 1 heterocycles. The summed E-state index contributed by atoms with van der Waals surface area (Å²) in [6.07, 6.45) is 2.56. The first-order valence-electron chi connectivity index (χ1n) is 9.10. The highest BCUT2D eigenvalue weighted by Gasteiger charge is 2.18. The molecule has 0 saturated carbocycles. The van der Waals surface area contributed by atoms with Crippen molar-refractivity contribution in [3.05, 3.63) is 77.1 Å². The van der Waals surface area contributed by atoms with Gasteiger partial charge in [0.25, 0.3) is 0 Å². The lowest BCUT2D eigenvalue weighted by molar-refractivity contribution is 0.0696. The lowest BCUT2D eigenvalue weighted by atomic mass is 9.83. The van der Waals surface area contributed by atoms with Gasteiger partial charge < -0.3 is 9.84 Å². The number of carbonyl (C=O) groups is 1. The SMILES string of the molecule is CC(C)(C)c1ccc(COc2ccc(-c3ncc(C(=O)O)cn3)cc2)cc1C#N. The van der Waals surface area contributed by atoms with E-state index in [-0.39, 0.29) is 11.0 Å². The summed E-state index contributed by atoms with van der Waals surface area (Å²) in [5, 5.41) is 18.4. The molecule has 0 bridgehead atoms. The van der Waals surface area contributed by atoms with Crippen LogP contribution in [0.3, 0.4) is 0 Å². The van der Waals surface area contributed by atoms with Crippen LogP contribution in [-0.4, -0.2) is 21.0 Å². The van der Waals surface area contributed by atoms with Crippen molar-refractivity contribution >= 4 is 5.97 Å². The molecule has 0 aliphatic carbocycles. The Morgan fingerprint density at radius 2 is 1.76 bits per heavy atom. The molecule has 2 aromatic carbocycles. The highest BCUT2D eigenvalue weighted by Crippen LogP contribution is 2.27. The maximum Gasteiger partial charge on any atom is 0.338 e. The molecule has 3 aromatic rings. The van der Waals surface area contributed by atoms with Crippen LogP contribution >= 0.6 is 0 Å². The van der Waals surface area contributed by atoms with E-state index in [2.05, 4.69) is 36.8 Å². The standard InChI is InChI=1S/C23H21N3O3/c1-23(2,3)20-9-4-15(10-17(20)11-24)14-29-19-7-5-16(6-8-19)21-25-12-18(13-26-21)22(27)28/h4-10,12-13H,14H2,1-3H3,(H,27,28). The first-order chi connectivity index (χ1) is 13.8. The average molecular weight is 387 g/mol. The maximum absolute atomic E-state index is 10.9. The van der Waals surface area contributed by atoms with Gasteiger partial charge in [-0.2, -0.15) is 5.26 Å². The summed E-state index contributed by atoms with van der Waals surface area (Å²) >= 11 is 0. The highest BCUT2D eigenvalue weighted by molar-refractivity contribution is 5.86. The normalized spacial score (nSPS) is 11.0. The van der Waals surface area contributed by atoms with E-state index in [4.69, 9.17) is 9.84 Å². The molecule has 146 valence electrons. The van der Waals surface area contributed by atoms with Crippen molar-refractivity contribution in [3.8, 4) is 23.2 Å². The molecule has 0 amide bonds. The number of aromatic nitrogens is 2. The second-order valence-corrected chi connectivity index (χ2v) is 7.66. The van der Waals surface area contributed by atoms with E-state index in [0.717, 1.165) is 16.7 Å². The molecule has 3 rings (SSSR count). The molecule has 1 aromatic heterocycles. The third-order valence-electron chi connectivity index (χ3n) is 4.43. The van der Waals surface area contributed by atoms with E-state index >= 15 is 0 Å². The van der Waals surface area contributed by atoms with E-state index in [1.807, 2.05) is 30.3 Å². The number of nitriles is 1. The van der Waals surface area contributed by atoms with Crippen molar-refractivity contribution < 1.29 is 14.6 Å². The Morgan fingerprint density at radius 3 is 2.31 bits per heavy atom. The van der Waals surface area contributed by atoms with Crippen molar-refractivity contribution in [2.24, 2.45) is 0 Å². The first-order valence-corrected chi connectivity index (χ1v) is 9.10. The number of hydrogen-bond acceptors (Lipinski definition) is 5. The second kappa shape index (κ2) is 8.11. The Bertz CT molecular complexity index is 1060. The van der Waals surface area contributed by atoms with E-state index in [9.17, 15) is 10.1 Å². The minimum Gasteiger partial charge on any atom is -0.489 e. The van der Waals surface area contributed by atoms with Crippen LogP contribution in [0.25, 0.3) is 11.4 Å². The summed E-state index contributed by atoms with van der Waals surface area (Å²) in [5.74, 6) is 0.0580. The number of carboxylic acid groups (broad SMARTS) is 1. The number of nitrogens with zero attached hydrogens (tertiary/aromatic N) is 3. The van der Waals surface area contributed by atoms with Gasteiger partial charge in [-0.3, -0.25) is 0 Å². The molecule has 0 spiro atoms. The number of benzene rings is 2. The summed E-state index contributed by atoms with van der Waals surface area (Å²) in [5.41, 5.74) is 3.31. The van der Waals surface area contributed by atoms with Gasteiger partial charge in [-0.05, 0) is 46.9 Å². The van der Waals surface area contributed by atoms with E-state index in [0.29, 0.717) is 23.7 Å². The molecule has 0 saturated heterocycles. The Hall–Kier alpha value is -3.72. The Morgan fingerprint density at radius 1 is 1.10 bits per heavy atom. The van der Waals surface area contributed by atoms with Crippen molar-refractivity contribution in [1.29, 1.82) is 5.26 Å². The quantitative estimate of drug-likeness (QED) is 0.688. The number of rotatable bonds is 5. The lowest BCUT2D eigenvalue weighted by Crippen LogP contribution is -2.13. The van der Waals surface area contributed by atoms with Crippen molar-refractivity contribution in [3.63, 3.8) is 0 Å². The van der Waals surface area contributed by atoms with Crippen LogP contribution in [0.15, 0.2) is 54.9 Å². The Balaban J connectivity index is 1.69. The molecular weight excluding hydrogens is 366 g/mol. The molecule has 0 unspecified atom stereocenters. The third kappa shape index (κ3) is 4.77. The number of hydrogen-bond donors (Lipinski definition) is 1. The predicted molar refractivity (Wildman–Crippen MR) is 109 cm³/mol. The summed E-state index contributed by atoms with van der Waals surface area (Å²) in [4.78, 5) is 19.0. The van der Waals surface area contributed by atoms with E-state index in [1.54, 1.807) is 12.1 Å².